The first kappa shape index (κ1) is 18.1. The summed E-state index contributed by atoms with van der Waals surface area (Å²) >= 11 is 0. The highest BCUT2D eigenvalue weighted by atomic mass is 16.5. The summed E-state index contributed by atoms with van der Waals surface area (Å²) in [6.45, 7) is 4.90. The number of fused-ring (bicyclic) bond motifs is 1. The number of hydrogen-bond acceptors (Lipinski definition) is 3. The van der Waals surface area contributed by atoms with Crippen LogP contribution in [0.2, 0.25) is 0 Å². The fraction of sp³-hybridized carbons (Fsp3) is 0.435. The molecule has 0 aliphatic heterocycles. The van der Waals surface area contributed by atoms with Gasteiger partial charge in [-0.05, 0) is 62.1 Å². The molecule has 1 aliphatic rings. The summed E-state index contributed by atoms with van der Waals surface area (Å²) in [5.41, 5.74) is 4.46. The molecule has 1 unspecified atom stereocenters. The molecule has 4 nitrogen and oxygen atoms in total. The maximum absolute atomic E-state index is 10.7. The Labute approximate surface area is 160 Å². The zero-order chi connectivity index (χ0) is 18.8. The van der Waals surface area contributed by atoms with Crippen LogP contribution in [0.25, 0.3) is 11.0 Å². The zero-order valence-electron chi connectivity index (χ0n) is 16.2. The topological polar surface area (TPSA) is 47.3 Å². The second-order valence-corrected chi connectivity index (χ2v) is 7.84. The highest BCUT2D eigenvalue weighted by molar-refractivity contribution is 5.76. The first-order valence-electron chi connectivity index (χ1n) is 9.94. The first-order valence-corrected chi connectivity index (χ1v) is 9.94. The van der Waals surface area contributed by atoms with Crippen LogP contribution in [0.1, 0.15) is 48.6 Å². The number of ether oxygens (including phenoxy) is 1. The molecule has 4 heteroatoms. The van der Waals surface area contributed by atoms with Crippen LogP contribution in [0, 0.1) is 13.8 Å². The Morgan fingerprint density at radius 3 is 2.56 bits per heavy atom. The average molecular weight is 364 g/mol. The molecular formula is C23H28N2O2. The molecule has 4 rings (SSSR count). The van der Waals surface area contributed by atoms with Crippen LogP contribution < -0.4 is 4.74 Å². The molecule has 1 atom stereocenters. The quantitative estimate of drug-likeness (QED) is 0.686. The summed E-state index contributed by atoms with van der Waals surface area (Å²) in [6, 6.07) is 14.4. The van der Waals surface area contributed by atoms with Crippen LogP contribution in [0.15, 0.2) is 42.5 Å². The van der Waals surface area contributed by atoms with Crippen LogP contribution in [0.4, 0.5) is 0 Å². The summed E-state index contributed by atoms with van der Waals surface area (Å²) in [6.07, 6.45) is 4.35. The minimum atomic E-state index is -0.580. The summed E-state index contributed by atoms with van der Waals surface area (Å²) in [5, 5.41) is 10.7. The van der Waals surface area contributed by atoms with E-state index in [4.69, 9.17) is 9.72 Å². The maximum Gasteiger partial charge on any atom is 0.119 e. The van der Waals surface area contributed by atoms with E-state index >= 15 is 0 Å². The summed E-state index contributed by atoms with van der Waals surface area (Å²) < 4.78 is 8.08. The van der Waals surface area contributed by atoms with Gasteiger partial charge in [0.15, 0.2) is 0 Å². The highest BCUT2D eigenvalue weighted by Crippen LogP contribution is 2.35. The Bertz CT molecular complexity index is 905. The third-order valence-corrected chi connectivity index (χ3v) is 5.44. The van der Waals surface area contributed by atoms with E-state index in [0.717, 1.165) is 22.6 Å². The molecule has 3 aromatic rings. The van der Waals surface area contributed by atoms with E-state index in [1.54, 1.807) is 0 Å². The first-order chi connectivity index (χ1) is 13.1. The van der Waals surface area contributed by atoms with E-state index in [0.29, 0.717) is 12.5 Å². The lowest BCUT2D eigenvalue weighted by Crippen LogP contribution is -2.25. The molecule has 1 aliphatic carbocycles. The van der Waals surface area contributed by atoms with Crippen molar-refractivity contribution in [3.8, 4) is 5.75 Å². The van der Waals surface area contributed by atoms with Gasteiger partial charge in [0.05, 0.1) is 17.6 Å². The number of para-hydroxylation sites is 2. The minimum Gasteiger partial charge on any atom is -0.491 e. The van der Waals surface area contributed by atoms with Gasteiger partial charge in [0.1, 0.15) is 24.3 Å². The van der Waals surface area contributed by atoms with Crippen molar-refractivity contribution < 1.29 is 9.84 Å². The van der Waals surface area contributed by atoms with Gasteiger partial charge in [-0.2, -0.15) is 0 Å². The van der Waals surface area contributed by atoms with E-state index in [9.17, 15) is 5.11 Å². The number of imidazole rings is 1. The molecule has 2 aromatic carbocycles. The number of aromatic nitrogens is 2. The molecule has 142 valence electrons. The number of aliphatic hydroxyl groups excluding tert-OH is 1. The second kappa shape index (κ2) is 7.73. The lowest BCUT2D eigenvalue weighted by molar-refractivity contribution is 0.0924. The van der Waals surface area contributed by atoms with Crippen LogP contribution >= 0.6 is 0 Å². The monoisotopic (exact) mass is 364 g/mol. The van der Waals surface area contributed by atoms with Crippen molar-refractivity contribution >= 4 is 11.0 Å². The lowest BCUT2D eigenvalue weighted by atomic mass is 10.1. The summed E-state index contributed by atoms with van der Waals surface area (Å²) in [7, 11) is 0. The Hall–Kier alpha value is -2.33. The maximum atomic E-state index is 10.7. The molecule has 27 heavy (non-hydrogen) atoms. The van der Waals surface area contributed by atoms with Crippen LogP contribution in [0.3, 0.4) is 0 Å². The number of aliphatic hydroxyl groups is 1. The van der Waals surface area contributed by atoms with Gasteiger partial charge in [0.2, 0.25) is 0 Å². The van der Waals surface area contributed by atoms with Crippen LogP contribution in [0.5, 0.6) is 5.75 Å². The van der Waals surface area contributed by atoms with Crippen molar-refractivity contribution in [2.45, 2.75) is 58.1 Å². The molecule has 0 amide bonds. The molecule has 1 N–H and O–H groups in total. The fourth-order valence-electron chi connectivity index (χ4n) is 4.25. The number of nitrogens with zero attached hydrogens (tertiary/aromatic N) is 2. The second-order valence-electron chi connectivity index (χ2n) is 7.84. The summed E-state index contributed by atoms with van der Waals surface area (Å²) in [5.74, 6) is 2.45. The van der Waals surface area contributed by atoms with Crippen molar-refractivity contribution in [3.05, 3.63) is 59.4 Å². The Balaban J connectivity index is 1.52. The van der Waals surface area contributed by atoms with Crippen LogP contribution in [-0.4, -0.2) is 27.4 Å². The molecule has 1 aromatic heterocycles. The van der Waals surface area contributed by atoms with Crippen molar-refractivity contribution in [2.24, 2.45) is 0 Å². The lowest BCUT2D eigenvalue weighted by Gasteiger charge is -2.18. The Kier molecular flexibility index (Phi) is 5.17. The predicted octanol–water partition coefficient (Wildman–Crippen LogP) is 4.75. The third kappa shape index (κ3) is 4.01. The van der Waals surface area contributed by atoms with E-state index in [2.05, 4.69) is 36.6 Å². The van der Waals surface area contributed by atoms with Gasteiger partial charge >= 0.3 is 0 Å². The third-order valence-electron chi connectivity index (χ3n) is 5.44. The molecule has 0 saturated heterocycles. The van der Waals surface area contributed by atoms with Gasteiger partial charge in [-0.1, -0.05) is 31.0 Å². The number of aryl methyl sites for hydroxylation is 2. The molecular weight excluding hydrogens is 336 g/mol. The highest BCUT2D eigenvalue weighted by Gasteiger charge is 2.24. The zero-order valence-corrected chi connectivity index (χ0v) is 16.2. The van der Waals surface area contributed by atoms with Crippen molar-refractivity contribution in [1.29, 1.82) is 0 Å². The predicted molar refractivity (Wildman–Crippen MR) is 108 cm³/mol. The largest absolute Gasteiger partial charge is 0.491 e. The van der Waals surface area contributed by atoms with E-state index in [-0.39, 0.29) is 6.61 Å². The SMILES string of the molecule is Cc1cc(C)cc(OCC(O)Cn2c(C3CCCC3)nc3ccccc32)c1. The number of rotatable bonds is 6. The smallest absolute Gasteiger partial charge is 0.119 e. The fourth-order valence-corrected chi connectivity index (χ4v) is 4.25. The Morgan fingerprint density at radius 2 is 1.81 bits per heavy atom. The van der Waals surface area contributed by atoms with Crippen LogP contribution in [-0.2, 0) is 6.54 Å². The number of benzene rings is 2. The number of hydrogen-bond donors (Lipinski definition) is 1. The van der Waals surface area contributed by atoms with Gasteiger partial charge in [-0.25, -0.2) is 4.98 Å². The van der Waals surface area contributed by atoms with Gasteiger partial charge in [0, 0.05) is 5.92 Å². The molecule has 0 radical (unpaired) electrons. The standard InChI is InChI=1S/C23H28N2O2/c1-16-11-17(2)13-20(12-16)27-15-19(26)14-25-22-10-6-5-9-21(22)24-23(25)18-7-3-4-8-18/h5-6,9-13,18-19,26H,3-4,7-8,14-15H2,1-2H3. The van der Waals surface area contributed by atoms with Crippen molar-refractivity contribution in [1.82, 2.24) is 9.55 Å². The molecule has 0 bridgehead atoms. The van der Waals surface area contributed by atoms with Crippen molar-refractivity contribution in [2.75, 3.05) is 6.61 Å². The molecule has 1 heterocycles. The minimum absolute atomic E-state index is 0.277. The average Bonchev–Trinajstić information content (AvgIpc) is 3.27. The van der Waals surface area contributed by atoms with Gasteiger partial charge in [-0.3, -0.25) is 0 Å². The van der Waals surface area contributed by atoms with Crippen molar-refractivity contribution in [3.63, 3.8) is 0 Å². The van der Waals surface area contributed by atoms with Gasteiger partial charge in [0.25, 0.3) is 0 Å². The normalized spacial score (nSPS) is 16.1. The molecule has 1 saturated carbocycles. The summed E-state index contributed by atoms with van der Waals surface area (Å²) in [4.78, 5) is 4.90. The molecule has 0 spiro atoms. The van der Waals surface area contributed by atoms with E-state index in [1.807, 2.05) is 24.3 Å². The molecule has 1 fully saturated rings. The Morgan fingerprint density at radius 1 is 1.11 bits per heavy atom. The van der Waals surface area contributed by atoms with Gasteiger partial charge in [-0.15, -0.1) is 0 Å². The van der Waals surface area contributed by atoms with E-state index in [1.165, 1.54) is 36.8 Å². The van der Waals surface area contributed by atoms with E-state index < -0.39 is 6.10 Å². The van der Waals surface area contributed by atoms with Gasteiger partial charge < -0.3 is 14.4 Å².